The fourth-order valence-electron chi connectivity index (χ4n) is 2.55. The number of carbonyl (C=O) groups excluding carboxylic acids is 2. The summed E-state index contributed by atoms with van der Waals surface area (Å²) < 4.78 is 5.49. The highest BCUT2D eigenvalue weighted by molar-refractivity contribution is 5.98. The summed E-state index contributed by atoms with van der Waals surface area (Å²) in [7, 11) is 4.98. The number of nitrogens with zero attached hydrogens (tertiary/aromatic N) is 1. The van der Waals surface area contributed by atoms with Crippen LogP contribution in [0.4, 0.5) is 5.69 Å². The van der Waals surface area contributed by atoms with Crippen LogP contribution in [0.5, 0.6) is 0 Å². The number of benzene rings is 1. The molecule has 0 radical (unpaired) electrons. The van der Waals surface area contributed by atoms with E-state index in [1.54, 1.807) is 45.5 Å². The van der Waals surface area contributed by atoms with Crippen molar-refractivity contribution < 1.29 is 14.3 Å². The fourth-order valence-corrected chi connectivity index (χ4v) is 2.55. The van der Waals surface area contributed by atoms with Crippen molar-refractivity contribution in [1.82, 2.24) is 10.2 Å². The van der Waals surface area contributed by atoms with Crippen LogP contribution in [-0.4, -0.2) is 56.6 Å². The highest BCUT2D eigenvalue weighted by atomic mass is 16.5. The van der Waals surface area contributed by atoms with Gasteiger partial charge in [-0.25, -0.2) is 0 Å². The lowest BCUT2D eigenvalue weighted by Gasteiger charge is -2.34. The molecule has 0 atom stereocenters. The fraction of sp³-hybridized carbons (Fsp3) is 0.500. The van der Waals surface area contributed by atoms with Crippen molar-refractivity contribution in [2.75, 3.05) is 39.6 Å². The van der Waals surface area contributed by atoms with Gasteiger partial charge in [-0.1, -0.05) is 0 Å². The molecule has 1 heterocycles. The summed E-state index contributed by atoms with van der Waals surface area (Å²) in [5.41, 5.74) is 0.477. The minimum absolute atomic E-state index is 0.0652. The van der Waals surface area contributed by atoms with Crippen LogP contribution in [0.3, 0.4) is 0 Å². The monoisotopic (exact) mass is 305 g/mol. The maximum Gasteiger partial charge on any atom is 0.256 e. The van der Waals surface area contributed by atoms with E-state index < -0.39 is 5.60 Å². The van der Waals surface area contributed by atoms with E-state index in [-0.39, 0.29) is 11.8 Å². The van der Waals surface area contributed by atoms with Crippen LogP contribution in [0.25, 0.3) is 0 Å². The molecule has 6 nitrogen and oxygen atoms in total. The standard InChI is InChI=1S/C16H23N3O3/c1-19(2)14(20)12-4-6-13(7-5-12)18-15(21)16(22-3)8-10-17-11-9-16/h4-7,17H,8-11H2,1-3H3,(H,18,21). The number of nitrogens with one attached hydrogen (secondary N) is 2. The molecule has 6 heteroatoms. The topological polar surface area (TPSA) is 70.7 Å². The largest absolute Gasteiger partial charge is 0.368 e. The summed E-state index contributed by atoms with van der Waals surface area (Å²) in [4.78, 5) is 25.9. The van der Waals surface area contributed by atoms with Crippen molar-refractivity contribution in [3.63, 3.8) is 0 Å². The number of methoxy groups -OCH3 is 1. The van der Waals surface area contributed by atoms with Gasteiger partial charge in [0, 0.05) is 32.5 Å². The number of rotatable bonds is 4. The molecule has 0 unspecified atom stereocenters. The molecule has 1 aromatic rings. The molecule has 1 aliphatic rings. The Kier molecular flexibility index (Phi) is 5.15. The third-order valence-corrected chi connectivity index (χ3v) is 4.01. The zero-order valence-electron chi connectivity index (χ0n) is 13.3. The maximum absolute atomic E-state index is 12.5. The molecule has 22 heavy (non-hydrogen) atoms. The van der Waals surface area contributed by atoms with Gasteiger partial charge in [-0.15, -0.1) is 0 Å². The molecule has 2 amide bonds. The molecule has 1 aliphatic heterocycles. The number of hydrogen-bond acceptors (Lipinski definition) is 4. The lowest BCUT2D eigenvalue weighted by Crippen LogP contribution is -2.51. The van der Waals surface area contributed by atoms with Crippen molar-refractivity contribution in [2.24, 2.45) is 0 Å². The van der Waals surface area contributed by atoms with Gasteiger partial charge in [-0.2, -0.15) is 0 Å². The van der Waals surface area contributed by atoms with E-state index in [4.69, 9.17) is 4.74 Å². The molecular formula is C16H23N3O3. The molecule has 1 saturated heterocycles. The number of carbonyl (C=O) groups is 2. The number of amides is 2. The number of piperidine rings is 1. The van der Waals surface area contributed by atoms with Gasteiger partial charge < -0.3 is 20.3 Å². The Morgan fingerprint density at radius 2 is 1.77 bits per heavy atom. The Morgan fingerprint density at radius 3 is 2.27 bits per heavy atom. The van der Waals surface area contributed by atoms with E-state index in [9.17, 15) is 9.59 Å². The van der Waals surface area contributed by atoms with Crippen molar-refractivity contribution in [2.45, 2.75) is 18.4 Å². The van der Waals surface area contributed by atoms with Gasteiger partial charge in [0.15, 0.2) is 0 Å². The normalized spacial score (nSPS) is 16.9. The van der Waals surface area contributed by atoms with Crippen molar-refractivity contribution in [3.8, 4) is 0 Å². The third-order valence-electron chi connectivity index (χ3n) is 4.01. The van der Waals surface area contributed by atoms with E-state index in [0.717, 1.165) is 13.1 Å². The van der Waals surface area contributed by atoms with E-state index in [1.807, 2.05) is 0 Å². The minimum Gasteiger partial charge on any atom is -0.368 e. The first-order valence-electron chi connectivity index (χ1n) is 7.37. The maximum atomic E-state index is 12.5. The highest BCUT2D eigenvalue weighted by Crippen LogP contribution is 2.24. The molecule has 2 N–H and O–H groups in total. The van der Waals surface area contributed by atoms with Gasteiger partial charge in [0.1, 0.15) is 5.60 Å². The second-order valence-electron chi connectivity index (χ2n) is 5.68. The first kappa shape index (κ1) is 16.5. The lowest BCUT2D eigenvalue weighted by atomic mass is 9.91. The first-order valence-corrected chi connectivity index (χ1v) is 7.37. The molecule has 0 bridgehead atoms. The molecular weight excluding hydrogens is 282 g/mol. The molecule has 120 valence electrons. The van der Waals surface area contributed by atoms with Crippen LogP contribution in [-0.2, 0) is 9.53 Å². The number of hydrogen-bond donors (Lipinski definition) is 2. The Hall–Kier alpha value is -1.92. The van der Waals surface area contributed by atoms with E-state index in [0.29, 0.717) is 24.1 Å². The molecule has 0 saturated carbocycles. The summed E-state index contributed by atoms with van der Waals surface area (Å²) in [6.07, 6.45) is 1.29. The van der Waals surface area contributed by atoms with Crippen molar-refractivity contribution in [1.29, 1.82) is 0 Å². The smallest absolute Gasteiger partial charge is 0.256 e. The van der Waals surface area contributed by atoms with Gasteiger partial charge in [0.2, 0.25) is 0 Å². The van der Waals surface area contributed by atoms with Gasteiger partial charge >= 0.3 is 0 Å². The van der Waals surface area contributed by atoms with Crippen LogP contribution < -0.4 is 10.6 Å². The van der Waals surface area contributed by atoms with Crippen LogP contribution in [0.15, 0.2) is 24.3 Å². The molecule has 0 spiro atoms. The van der Waals surface area contributed by atoms with Gasteiger partial charge in [-0.05, 0) is 50.2 Å². The molecule has 1 fully saturated rings. The number of ether oxygens (including phenoxy) is 1. The van der Waals surface area contributed by atoms with Crippen LogP contribution >= 0.6 is 0 Å². The second kappa shape index (κ2) is 6.89. The summed E-state index contributed by atoms with van der Waals surface area (Å²) >= 11 is 0. The predicted molar refractivity (Wildman–Crippen MR) is 84.9 cm³/mol. The Morgan fingerprint density at radius 1 is 1.18 bits per heavy atom. The quantitative estimate of drug-likeness (QED) is 0.874. The summed E-state index contributed by atoms with van der Waals surface area (Å²) in [5.74, 6) is -0.201. The summed E-state index contributed by atoms with van der Waals surface area (Å²) in [6.45, 7) is 1.52. The van der Waals surface area contributed by atoms with Crippen molar-refractivity contribution in [3.05, 3.63) is 29.8 Å². The average Bonchev–Trinajstić information content (AvgIpc) is 2.55. The molecule has 0 aliphatic carbocycles. The average molecular weight is 305 g/mol. The van der Waals surface area contributed by atoms with E-state index in [1.165, 1.54) is 4.90 Å². The lowest BCUT2D eigenvalue weighted by molar-refractivity contribution is -0.140. The molecule has 0 aromatic heterocycles. The third kappa shape index (κ3) is 3.45. The Balaban J connectivity index is 2.06. The van der Waals surface area contributed by atoms with Gasteiger partial charge in [-0.3, -0.25) is 9.59 Å². The predicted octanol–water partition coefficient (Wildman–Crippen LogP) is 1.10. The van der Waals surface area contributed by atoms with Crippen molar-refractivity contribution >= 4 is 17.5 Å². The van der Waals surface area contributed by atoms with Crippen LogP contribution in [0.2, 0.25) is 0 Å². The van der Waals surface area contributed by atoms with Crippen LogP contribution in [0.1, 0.15) is 23.2 Å². The van der Waals surface area contributed by atoms with Crippen LogP contribution in [0, 0.1) is 0 Å². The molecule has 2 rings (SSSR count). The SMILES string of the molecule is COC1(C(=O)Nc2ccc(C(=O)N(C)C)cc2)CCNCC1. The first-order chi connectivity index (χ1) is 10.5. The van der Waals surface area contributed by atoms with Gasteiger partial charge in [0.05, 0.1) is 0 Å². The van der Waals surface area contributed by atoms with E-state index >= 15 is 0 Å². The second-order valence-corrected chi connectivity index (χ2v) is 5.68. The number of anilines is 1. The zero-order valence-corrected chi connectivity index (χ0v) is 13.3. The van der Waals surface area contributed by atoms with E-state index in [2.05, 4.69) is 10.6 Å². The zero-order chi connectivity index (χ0) is 16.2. The molecule has 1 aromatic carbocycles. The highest BCUT2D eigenvalue weighted by Gasteiger charge is 2.39. The minimum atomic E-state index is -0.774. The summed E-state index contributed by atoms with van der Waals surface area (Å²) in [5, 5.41) is 6.10. The Bertz CT molecular complexity index is 534. The Labute approximate surface area is 130 Å². The summed E-state index contributed by atoms with van der Waals surface area (Å²) in [6, 6.07) is 6.89. The van der Waals surface area contributed by atoms with Gasteiger partial charge in [0.25, 0.3) is 11.8 Å².